The predicted octanol–water partition coefficient (Wildman–Crippen LogP) is 1.42. The number of aliphatic imine (C=N–C) groups is 1. The van der Waals surface area contributed by atoms with Gasteiger partial charge in [-0.3, -0.25) is 4.99 Å². The zero-order valence-electron chi connectivity index (χ0n) is 6.30. The number of rotatable bonds is 3. The van der Waals surface area contributed by atoms with Crippen LogP contribution in [0.15, 0.2) is 4.99 Å². The highest BCUT2D eigenvalue weighted by molar-refractivity contribution is 6.63. The minimum atomic E-state index is -0.918. The van der Waals surface area contributed by atoms with E-state index in [9.17, 15) is 4.79 Å². The average Bonchev–Trinajstić information content (AvgIpc) is 1.88. The molecule has 64 valence electrons. The van der Waals surface area contributed by atoms with Gasteiger partial charge in [0, 0.05) is 7.05 Å². The molecule has 5 heteroatoms. The number of ether oxygens (including phenoxy) is 1. The van der Waals surface area contributed by atoms with Crippen molar-refractivity contribution in [2.45, 2.75) is 11.8 Å². The third-order valence-corrected chi connectivity index (χ3v) is 1.35. The minimum absolute atomic E-state index is 0.0372. The van der Waals surface area contributed by atoms with E-state index < -0.39 is 10.8 Å². The molecule has 0 spiro atoms. The molecular weight excluding hydrogens is 189 g/mol. The molecule has 0 aromatic rings. The summed E-state index contributed by atoms with van der Waals surface area (Å²) in [7, 11) is 1.43. The fourth-order valence-electron chi connectivity index (χ4n) is 0.483. The third-order valence-electron chi connectivity index (χ3n) is 0.932. The molecule has 0 fully saturated rings. The van der Waals surface area contributed by atoms with Gasteiger partial charge >= 0.3 is 5.97 Å². The van der Waals surface area contributed by atoms with E-state index in [4.69, 9.17) is 23.2 Å². The van der Waals surface area contributed by atoms with Crippen molar-refractivity contribution in [3.8, 4) is 0 Å². The molecule has 0 aliphatic rings. The summed E-state index contributed by atoms with van der Waals surface area (Å²) in [6.45, 7) is 1.99. The Kier molecular flexibility index (Phi) is 5.24. The fourth-order valence-corrected chi connectivity index (χ4v) is 0.856. The van der Waals surface area contributed by atoms with E-state index in [-0.39, 0.29) is 5.71 Å². The Labute approximate surface area is 75.3 Å². The monoisotopic (exact) mass is 197 g/mol. The topological polar surface area (TPSA) is 38.7 Å². The van der Waals surface area contributed by atoms with E-state index in [1.807, 2.05) is 0 Å². The van der Waals surface area contributed by atoms with Crippen molar-refractivity contribution in [3.05, 3.63) is 0 Å². The molecule has 0 amide bonds. The number of halogens is 2. The molecule has 0 radical (unpaired) electrons. The second kappa shape index (κ2) is 5.38. The second-order valence-corrected chi connectivity index (χ2v) is 2.73. The van der Waals surface area contributed by atoms with Gasteiger partial charge in [0.15, 0.2) is 10.5 Å². The van der Waals surface area contributed by atoms with Gasteiger partial charge in [-0.05, 0) is 6.92 Å². The molecule has 0 rings (SSSR count). The molecule has 0 heterocycles. The summed E-state index contributed by atoms with van der Waals surface area (Å²) in [4.78, 5) is 13.6. The highest BCUT2D eigenvalue weighted by Crippen LogP contribution is 2.05. The van der Waals surface area contributed by atoms with Gasteiger partial charge < -0.3 is 4.74 Å². The molecule has 0 saturated heterocycles. The van der Waals surface area contributed by atoms with Gasteiger partial charge in [0.2, 0.25) is 0 Å². The quantitative estimate of drug-likeness (QED) is 0.390. The Bertz CT molecular complexity index is 168. The Morgan fingerprint density at radius 1 is 1.64 bits per heavy atom. The van der Waals surface area contributed by atoms with Gasteiger partial charge in [0.1, 0.15) is 0 Å². The maximum absolute atomic E-state index is 10.9. The molecule has 0 aromatic carbocycles. The highest BCUT2D eigenvalue weighted by Gasteiger charge is 2.18. The summed E-state index contributed by atoms with van der Waals surface area (Å²) in [5, 5.41) is 0. The van der Waals surface area contributed by atoms with Crippen LogP contribution < -0.4 is 0 Å². The maximum atomic E-state index is 10.9. The lowest BCUT2D eigenvalue weighted by Crippen LogP contribution is -2.23. The lowest BCUT2D eigenvalue weighted by Gasteiger charge is -2.04. The number of carbonyl (C=O) groups excluding carboxylic acids is 1. The predicted molar refractivity (Wildman–Crippen MR) is 45.5 cm³/mol. The average molecular weight is 198 g/mol. The van der Waals surface area contributed by atoms with E-state index >= 15 is 0 Å². The van der Waals surface area contributed by atoms with Gasteiger partial charge in [-0.15, -0.1) is 0 Å². The van der Waals surface area contributed by atoms with Crippen LogP contribution in [0.3, 0.4) is 0 Å². The first-order valence-electron chi connectivity index (χ1n) is 3.05. The minimum Gasteiger partial charge on any atom is -0.461 e. The van der Waals surface area contributed by atoms with Crippen molar-refractivity contribution in [1.29, 1.82) is 0 Å². The summed E-state index contributed by atoms with van der Waals surface area (Å²) < 4.78 is 4.62. The van der Waals surface area contributed by atoms with Gasteiger partial charge in [-0.2, -0.15) is 0 Å². The number of nitrogens with zero attached hydrogens (tertiary/aromatic N) is 1. The van der Waals surface area contributed by atoms with Crippen molar-refractivity contribution in [2.75, 3.05) is 13.7 Å². The molecular formula is C6H9Cl2NO2. The molecule has 0 unspecified atom stereocenters. The smallest absolute Gasteiger partial charge is 0.355 e. The van der Waals surface area contributed by atoms with Gasteiger partial charge in [-0.1, -0.05) is 23.2 Å². The summed E-state index contributed by atoms with van der Waals surface area (Å²) in [6, 6.07) is 0. The van der Waals surface area contributed by atoms with Gasteiger partial charge in [0.05, 0.1) is 6.61 Å². The first-order chi connectivity index (χ1) is 5.13. The van der Waals surface area contributed by atoms with E-state index in [1.54, 1.807) is 6.92 Å². The van der Waals surface area contributed by atoms with Crippen molar-refractivity contribution in [3.63, 3.8) is 0 Å². The second-order valence-electron chi connectivity index (χ2n) is 1.63. The Morgan fingerprint density at radius 2 is 2.18 bits per heavy atom. The number of alkyl halides is 2. The van der Waals surface area contributed by atoms with Gasteiger partial charge in [0.25, 0.3) is 0 Å². The van der Waals surface area contributed by atoms with Crippen LogP contribution in [0.4, 0.5) is 0 Å². The van der Waals surface area contributed by atoms with Crippen LogP contribution in [-0.2, 0) is 9.53 Å². The molecule has 3 nitrogen and oxygen atoms in total. The Balaban J connectivity index is 4.17. The summed E-state index contributed by atoms with van der Waals surface area (Å²) >= 11 is 10.8. The summed E-state index contributed by atoms with van der Waals surface area (Å²) in [5.41, 5.74) is 0.0372. The zero-order chi connectivity index (χ0) is 8.85. The highest BCUT2D eigenvalue weighted by atomic mass is 35.5. The van der Waals surface area contributed by atoms with Crippen LogP contribution in [0, 0.1) is 0 Å². The zero-order valence-corrected chi connectivity index (χ0v) is 7.82. The molecule has 0 aliphatic heterocycles. The standard InChI is InChI=1S/C6H9Cl2NO2/c1-3-11-6(10)4(9-2)5(7)8/h5H,3H2,1-2H3. The lowest BCUT2D eigenvalue weighted by atomic mass is 10.4. The molecule has 0 aromatic heterocycles. The van der Waals surface area contributed by atoms with Crippen molar-refractivity contribution < 1.29 is 9.53 Å². The van der Waals surface area contributed by atoms with E-state index in [1.165, 1.54) is 7.05 Å². The Hall–Kier alpha value is -0.280. The van der Waals surface area contributed by atoms with Crippen molar-refractivity contribution in [1.82, 2.24) is 0 Å². The van der Waals surface area contributed by atoms with Crippen molar-refractivity contribution in [2.24, 2.45) is 4.99 Å². The molecule has 11 heavy (non-hydrogen) atoms. The van der Waals surface area contributed by atoms with Crippen LogP contribution in [0.25, 0.3) is 0 Å². The first-order valence-corrected chi connectivity index (χ1v) is 3.92. The Morgan fingerprint density at radius 3 is 2.45 bits per heavy atom. The molecule has 0 saturated carbocycles. The van der Waals surface area contributed by atoms with E-state index in [2.05, 4.69) is 9.73 Å². The van der Waals surface area contributed by atoms with Gasteiger partial charge in [-0.25, -0.2) is 4.79 Å². The number of hydrogen-bond acceptors (Lipinski definition) is 3. The summed E-state index contributed by atoms with van der Waals surface area (Å²) in [5.74, 6) is -0.565. The van der Waals surface area contributed by atoms with Crippen LogP contribution in [0.2, 0.25) is 0 Å². The SMILES string of the molecule is CCOC(=O)C(=NC)C(Cl)Cl. The van der Waals surface area contributed by atoms with E-state index in [0.717, 1.165) is 0 Å². The van der Waals surface area contributed by atoms with Crippen LogP contribution in [-0.4, -0.2) is 30.2 Å². The largest absolute Gasteiger partial charge is 0.461 e. The third kappa shape index (κ3) is 3.58. The van der Waals surface area contributed by atoms with E-state index in [0.29, 0.717) is 6.61 Å². The first kappa shape index (κ1) is 10.7. The van der Waals surface area contributed by atoms with Crippen LogP contribution >= 0.6 is 23.2 Å². The fraction of sp³-hybridized carbons (Fsp3) is 0.667. The normalized spacial score (nSPS) is 11.9. The lowest BCUT2D eigenvalue weighted by molar-refractivity contribution is -0.135. The number of hydrogen-bond donors (Lipinski definition) is 0. The molecule has 0 bridgehead atoms. The van der Waals surface area contributed by atoms with Crippen molar-refractivity contribution >= 4 is 34.9 Å². The number of esters is 1. The molecule has 0 atom stereocenters. The molecule has 0 N–H and O–H groups in total. The number of carbonyl (C=O) groups is 1. The van der Waals surface area contributed by atoms with Crippen LogP contribution in [0.5, 0.6) is 0 Å². The molecule has 0 aliphatic carbocycles. The van der Waals surface area contributed by atoms with Crippen LogP contribution in [0.1, 0.15) is 6.92 Å². The summed E-state index contributed by atoms with van der Waals surface area (Å²) in [6.07, 6.45) is 0. The maximum Gasteiger partial charge on any atom is 0.355 e.